The van der Waals surface area contributed by atoms with Gasteiger partial charge in [0.2, 0.25) is 0 Å². The first-order chi connectivity index (χ1) is 14.0. The van der Waals surface area contributed by atoms with E-state index in [1.165, 1.54) is 18.2 Å². The zero-order chi connectivity index (χ0) is 20.7. The second kappa shape index (κ2) is 11.0. The highest BCUT2D eigenvalue weighted by Gasteiger charge is 2.33. The third-order valence-corrected chi connectivity index (χ3v) is 3.95. The molecule has 1 aromatic carbocycles. The maximum absolute atomic E-state index is 13.0. The molecule has 30 heavy (non-hydrogen) atoms. The van der Waals surface area contributed by atoms with E-state index < -0.39 is 11.7 Å². The van der Waals surface area contributed by atoms with Crippen LogP contribution in [0.2, 0.25) is 0 Å². The van der Waals surface area contributed by atoms with Crippen LogP contribution in [0.15, 0.2) is 53.7 Å². The molecule has 0 spiro atoms. The van der Waals surface area contributed by atoms with Crippen molar-refractivity contribution in [3.05, 3.63) is 60.0 Å². The van der Waals surface area contributed by atoms with Crippen molar-refractivity contribution < 1.29 is 17.9 Å². The van der Waals surface area contributed by atoms with Gasteiger partial charge in [-0.05, 0) is 31.2 Å². The maximum atomic E-state index is 13.0. The molecule has 0 aliphatic heterocycles. The van der Waals surface area contributed by atoms with Gasteiger partial charge in [0.05, 0.1) is 12.1 Å². The molecule has 0 aliphatic rings. The Morgan fingerprint density at radius 3 is 2.63 bits per heavy atom. The Morgan fingerprint density at radius 2 is 1.87 bits per heavy atom. The number of nitrogens with zero attached hydrogens (tertiary/aromatic N) is 4. The number of fused-ring (bicyclic) bond motifs is 1. The van der Waals surface area contributed by atoms with Crippen molar-refractivity contribution in [3.63, 3.8) is 0 Å². The fourth-order valence-electron chi connectivity index (χ4n) is 2.65. The molecule has 0 saturated heterocycles. The average Bonchev–Trinajstić information content (AvgIpc) is 3.12. The number of aliphatic imine (C=N–C) groups is 1. The minimum absolute atomic E-state index is 0. The molecule has 3 rings (SSSR count). The van der Waals surface area contributed by atoms with Gasteiger partial charge in [0.1, 0.15) is 18.9 Å². The fourth-order valence-corrected chi connectivity index (χ4v) is 2.65. The van der Waals surface area contributed by atoms with Crippen LogP contribution in [0.5, 0.6) is 5.75 Å². The van der Waals surface area contributed by atoms with Gasteiger partial charge in [-0.3, -0.25) is 4.40 Å². The van der Waals surface area contributed by atoms with Crippen molar-refractivity contribution in [1.29, 1.82) is 0 Å². The molecule has 0 amide bonds. The number of hydrogen-bond donors (Lipinski definition) is 2. The zero-order valence-electron chi connectivity index (χ0n) is 16.2. The Morgan fingerprint density at radius 1 is 1.10 bits per heavy atom. The molecule has 0 unspecified atom stereocenters. The molecule has 0 radical (unpaired) electrons. The summed E-state index contributed by atoms with van der Waals surface area (Å²) in [4.78, 5) is 4.44. The van der Waals surface area contributed by atoms with Crippen LogP contribution in [0.1, 0.15) is 18.3 Å². The second-order valence-electron chi connectivity index (χ2n) is 6.01. The number of nitrogens with one attached hydrogen (secondary N) is 2. The number of aromatic nitrogens is 3. The SMILES string of the molecule is CCNC(=NCc1nnc2ccccn12)NCCOc1ccccc1C(F)(F)F.I. The number of benzene rings is 1. The summed E-state index contributed by atoms with van der Waals surface area (Å²) in [5.41, 5.74) is -0.0633. The Kier molecular flexibility index (Phi) is 8.69. The third-order valence-electron chi connectivity index (χ3n) is 3.95. The highest BCUT2D eigenvalue weighted by molar-refractivity contribution is 14.0. The van der Waals surface area contributed by atoms with Gasteiger partial charge in [-0.1, -0.05) is 18.2 Å². The van der Waals surface area contributed by atoms with E-state index in [1.54, 1.807) is 0 Å². The third kappa shape index (κ3) is 6.21. The highest BCUT2D eigenvalue weighted by atomic mass is 127. The van der Waals surface area contributed by atoms with E-state index >= 15 is 0 Å². The normalized spacial score (nSPS) is 11.8. The molecule has 11 heteroatoms. The van der Waals surface area contributed by atoms with Crippen molar-refractivity contribution in [3.8, 4) is 5.75 Å². The molecule has 2 heterocycles. The van der Waals surface area contributed by atoms with Crippen molar-refractivity contribution >= 4 is 35.6 Å². The standard InChI is InChI=1S/C19H21F3N6O.HI/c1-2-23-18(25-13-17-27-26-16-9-5-6-11-28(16)17)24-10-12-29-15-8-4-3-7-14(15)19(20,21)22;/h3-9,11H,2,10,12-13H2,1H3,(H2,23,24,25);1H. The first kappa shape index (κ1) is 23.7. The van der Waals surface area contributed by atoms with Crippen LogP contribution in [0, 0.1) is 0 Å². The molecule has 0 bridgehead atoms. The van der Waals surface area contributed by atoms with Gasteiger partial charge in [0.15, 0.2) is 17.4 Å². The molecule has 7 nitrogen and oxygen atoms in total. The van der Waals surface area contributed by atoms with Crippen molar-refractivity contribution in [2.45, 2.75) is 19.6 Å². The van der Waals surface area contributed by atoms with Crippen LogP contribution in [-0.4, -0.2) is 40.3 Å². The lowest BCUT2D eigenvalue weighted by Gasteiger charge is -2.15. The van der Waals surface area contributed by atoms with Crippen LogP contribution < -0.4 is 15.4 Å². The molecule has 2 aromatic heterocycles. The lowest BCUT2D eigenvalue weighted by atomic mass is 10.2. The summed E-state index contributed by atoms with van der Waals surface area (Å²) in [6, 6.07) is 10.7. The molecule has 3 aromatic rings. The molecule has 0 fully saturated rings. The van der Waals surface area contributed by atoms with Gasteiger partial charge >= 0.3 is 6.18 Å². The summed E-state index contributed by atoms with van der Waals surface area (Å²) in [6.45, 7) is 3.16. The fraction of sp³-hybridized carbons (Fsp3) is 0.316. The molecule has 0 aliphatic carbocycles. The number of alkyl halides is 3. The van der Waals surface area contributed by atoms with Crippen LogP contribution in [0.25, 0.3) is 5.65 Å². The minimum atomic E-state index is -4.46. The number of hydrogen-bond acceptors (Lipinski definition) is 4. The zero-order valence-corrected chi connectivity index (χ0v) is 18.5. The van der Waals surface area contributed by atoms with Gasteiger partial charge in [-0.2, -0.15) is 13.2 Å². The molecular weight excluding hydrogens is 512 g/mol. The van der Waals surface area contributed by atoms with E-state index in [2.05, 4.69) is 25.8 Å². The average molecular weight is 534 g/mol. The van der Waals surface area contributed by atoms with E-state index in [-0.39, 0.29) is 49.4 Å². The molecule has 0 atom stereocenters. The van der Waals surface area contributed by atoms with Crippen LogP contribution in [-0.2, 0) is 12.7 Å². The molecule has 2 N–H and O–H groups in total. The van der Waals surface area contributed by atoms with E-state index in [9.17, 15) is 13.2 Å². The predicted molar refractivity (Wildman–Crippen MR) is 118 cm³/mol. The smallest absolute Gasteiger partial charge is 0.419 e. The first-order valence-corrected chi connectivity index (χ1v) is 9.09. The summed E-state index contributed by atoms with van der Waals surface area (Å²) in [6.07, 6.45) is -2.60. The largest absolute Gasteiger partial charge is 0.491 e. The molecular formula is C19H22F3IN6O. The molecule has 162 valence electrons. The minimum Gasteiger partial charge on any atom is -0.491 e. The number of guanidine groups is 1. The highest BCUT2D eigenvalue weighted by Crippen LogP contribution is 2.35. The van der Waals surface area contributed by atoms with E-state index in [0.717, 1.165) is 11.7 Å². The second-order valence-corrected chi connectivity index (χ2v) is 6.01. The molecule has 0 saturated carbocycles. The monoisotopic (exact) mass is 534 g/mol. The number of para-hydroxylation sites is 1. The maximum Gasteiger partial charge on any atom is 0.419 e. The Bertz CT molecular complexity index is 976. The van der Waals surface area contributed by atoms with Gasteiger partial charge in [-0.25, -0.2) is 4.99 Å². The lowest BCUT2D eigenvalue weighted by molar-refractivity contribution is -0.138. The Labute approximate surface area is 188 Å². The summed E-state index contributed by atoms with van der Waals surface area (Å²) in [5, 5.41) is 14.3. The summed E-state index contributed by atoms with van der Waals surface area (Å²) < 4.78 is 46.1. The van der Waals surface area contributed by atoms with E-state index in [0.29, 0.717) is 18.3 Å². The summed E-state index contributed by atoms with van der Waals surface area (Å²) >= 11 is 0. The van der Waals surface area contributed by atoms with Crippen molar-refractivity contribution in [2.75, 3.05) is 19.7 Å². The summed E-state index contributed by atoms with van der Waals surface area (Å²) in [7, 11) is 0. The Hall–Kier alpha value is -2.57. The topological polar surface area (TPSA) is 75.8 Å². The van der Waals surface area contributed by atoms with Crippen LogP contribution in [0.4, 0.5) is 13.2 Å². The number of pyridine rings is 1. The van der Waals surface area contributed by atoms with Crippen LogP contribution in [0.3, 0.4) is 0 Å². The van der Waals surface area contributed by atoms with E-state index in [4.69, 9.17) is 4.74 Å². The first-order valence-electron chi connectivity index (χ1n) is 9.09. The predicted octanol–water partition coefficient (Wildman–Crippen LogP) is 3.50. The number of halogens is 4. The van der Waals surface area contributed by atoms with Crippen molar-refractivity contribution in [1.82, 2.24) is 25.2 Å². The quantitative estimate of drug-likeness (QED) is 0.210. The lowest BCUT2D eigenvalue weighted by Crippen LogP contribution is -2.39. The van der Waals surface area contributed by atoms with Gasteiger partial charge in [0.25, 0.3) is 0 Å². The van der Waals surface area contributed by atoms with E-state index in [1.807, 2.05) is 35.7 Å². The van der Waals surface area contributed by atoms with Gasteiger partial charge < -0.3 is 15.4 Å². The van der Waals surface area contributed by atoms with Crippen molar-refractivity contribution in [2.24, 2.45) is 4.99 Å². The van der Waals surface area contributed by atoms with Crippen LogP contribution >= 0.6 is 24.0 Å². The summed E-state index contributed by atoms with van der Waals surface area (Å²) in [5.74, 6) is 0.986. The van der Waals surface area contributed by atoms with Gasteiger partial charge in [-0.15, -0.1) is 34.2 Å². The number of ether oxygens (including phenoxy) is 1. The Balaban J connectivity index is 0.00000320. The van der Waals surface area contributed by atoms with Gasteiger partial charge in [0, 0.05) is 12.7 Å². The number of rotatable bonds is 7.